The zero-order valence-corrected chi connectivity index (χ0v) is 18.3. The van der Waals surface area contributed by atoms with Crippen LogP contribution >= 0.6 is 0 Å². The van der Waals surface area contributed by atoms with Gasteiger partial charge in [-0.3, -0.25) is 0 Å². The average molecular weight is 463 g/mol. The van der Waals surface area contributed by atoms with E-state index in [2.05, 4.69) is 10.4 Å². The number of anilines is 2. The molecule has 1 N–H and O–H groups in total. The van der Waals surface area contributed by atoms with Gasteiger partial charge < -0.3 is 19.5 Å². The lowest BCUT2D eigenvalue weighted by Crippen LogP contribution is -2.20. The number of hydrogen-bond donors (Lipinski definition) is 1. The summed E-state index contributed by atoms with van der Waals surface area (Å²) in [6, 6.07) is 14.6. The van der Waals surface area contributed by atoms with Crippen LogP contribution in [0, 0.1) is 11.6 Å². The second-order valence-electron chi connectivity index (χ2n) is 7.59. The number of methoxy groups -OCH3 is 2. The summed E-state index contributed by atoms with van der Waals surface area (Å²) >= 11 is 0. The van der Waals surface area contributed by atoms with Crippen molar-refractivity contribution in [3.8, 4) is 28.5 Å². The van der Waals surface area contributed by atoms with E-state index < -0.39 is 17.7 Å². The third-order valence-corrected chi connectivity index (χ3v) is 5.49. The Morgan fingerprint density at radius 2 is 1.71 bits per heavy atom. The van der Waals surface area contributed by atoms with E-state index >= 15 is 0 Å². The molecule has 0 saturated carbocycles. The lowest BCUT2D eigenvalue weighted by Gasteiger charge is -2.12. The first-order valence-electron chi connectivity index (χ1n) is 10.3. The molecule has 0 atom stereocenters. The smallest absolute Gasteiger partial charge is 0.442 e. The number of hydrogen-bond acceptors (Lipinski definition) is 6. The standard InChI is InChI=1S/C25H19F2N3O4/c1-32-21-11-14-10-20-23(19(14)13-22(21)33-2)29-30(24(20)28-17-5-3-4-16(27)12-17)25(31)34-18-8-6-15(26)7-9-18/h3-9,11-13,28H,10H2,1-2H3. The summed E-state index contributed by atoms with van der Waals surface area (Å²) in [6.07, 6.45) is -0.353. The van der Waals surface area contributed by atoms with Gasteiger partial charge in [0.05, 0.1) is 19.9 Å². The number of carbonyl (C=O) groups excluding carboxylic acids is 1. The van der Waals surface area contributed by atoms with Crippen molar-refractivity contribution in [1.82, 2.24) is 9.78 Å². The van der Waals surface area contributed by atoms with Gasteiger partial charge in [0.15, 0.2) is 11.5 Å². The van der Waals surface area contributed by atoms with E-state index in [1.165, 1.54) is 43.5 Å². The molecule has 1 aromatic heterocycles. The van der Waals surface area contributed by atoms with E-state index in [9.17, 15) is 13.6 Å². The van der Waals surface area contributed by atoms with Gasteiger partial charge in [0.1, 0.15) is 23.2 Å². The maximum atomic E-state index is 13.8. The molecule has 172 valence electrons. The van der Waals surface area contributed by atoms with Crippen LogP contribution in [0.1, 0.15) is 11.1 Å². The lowest BCUT2D eigenvalue weighted by atomic mass is 10.1. The summed E-state index contributed by atoms with van der Waals surface area (Å²) < 4.78 is 44.4. The molecule has 0 spiro atoms. The van der Waals surface area contributed by atoms with Crippen molar-refractivity contribution in [2.24, 2.45) is 0 Å². The van der Waals surface area contributed by atoms with E-state index in [4.69, 9.17) is 14.2 Å². The van der Waals surface area contributed by atoms with Crippen LogP contribution in [0.5, 0.6) is 17.2 Å². The molecule has 1 heterocycles. The van der Waals surface area contributed by atoms with E-state index in [1.807, 2.05) is 6.07 Å². The second kappa shape index (κ2) is 8.51. The molecule has 5 rings (SSSR count). The first-order chi connectivity index (χ1) is 16.5. The predicted octanol–water partition coefficient (Wildman–Crippen LogP) is 5.54. The van der Waals surface area contributed by atoms with Crippen molar-refractivity contribution in [3.05, 3.63) is 83.4 Å². The minimum atomic E-state index is -0.804. The molecule has 0 fully saturated rings. The highest BCUT2D eigenvalue weighted by Gasteiger charge is 2.31. The van der Waals surface area contributed by atoms with Gasteiger partial charge in [0.2, 0.25) is 0 Å². The number of fused-ring (bicyclic) bond motifs is 3. The molecule has 1 aliphatic carbocycles. The number of carbonyl (C=O) groups is 1. The summed E-state index contributed by atoms with van der Waals surface area (Å²) in [4.78, 5) is 13.0. The van der Waals surface area contributed by atoms with Gasteiger partial charge in [-0.05, 0) is 60.2 Å². The molecule has 0 saturated heterocycles. The van der Waals surface area contributed by atoms with Crippen molar-refractivity contribution in [1.29, 1.82) is 0 Å². The maximum Gasteiger partial charge on any atom is 0.442 e. The largest absolute Gasteiger partial charge is 0.493 e. The fourth-order valence-corrected chi connectivity index (χ4v) is 3.92. The molecule has 34 heavy (non-hydrogen) atoms. The molecule has 7 nitrogen and oxygen atoms in total. The normalized spacial score (nSPS) is 11.5. The van der Waals surface area contributed by atoms with Crippen LogP contribution in [-0.4, -0.2) is 30.1 Å². The third kappa shape index (κ3) is 3.81. The Morgan fingerprint density at radius 1 is 0.971 bits per heavy atom. The Kier molecular flexibility index (Phi) is 5.37. The number of rotatable bonds is 5. The van der Waals surface area contributed by atoms with Crippen molar-refractivity contribution in [3.63, 3.8) is 0 Å². The third-order valence-electron chi connectivity index (χ3n) is 5.49. The van der Waals surface area contributed by atoms with Gasteiger partial charge in [-0.15, -0.1) is 4.68 Å². The predicted molar refractivity (Wildman–Crippen MR) is 121 cm³/mol. The van der Waals surface area contributed by atoms with Gasteiger partial charge in [0.25, 0.3) is 0 Å². The van der Waals surface area contributed by atoms with Gasteiger partial charge in [-0.2, -0.15) is 5.10 Å². The number of ether oxygens (including phenoxy) is 3. The lowest BCUT2D eigenvalue weighted by molar-refractivity contribution is 0.199. The first kappa shape index (κ1) is 21.4. The van der Waals surface area contributed by atoms with Crippen LogP contribution in [0.15, 0.2) is 60.7 Å². The second-order valence-corrected chi connectivity index (χ2v) is 7.59. The number of nitrogens with zero attached hydrogens (tertiary/aromatic N) is 2. The van der Waals surface area contributed by atoms with Gasteiger partial charge in [-0.1, -0.05) is 6.07 Å². The van der Waals surface area contributed by atoms with Crippen molar-refractivity contribution in [2.75, 3.05) is 19.5 Å². The molecular formula is C25H19F2N3O4. The Balaban J connectivity index is 1.59. The minimum absolute atomic E-state index is 0.158. The fourth-order valence-electron chi connectivity index (χ4n) is 3.92. The maximum absolute atomic E-state index is 13.8. The van der Waals surface area contributed by atoms with Gasteiger partial charge >= 0.3 is 6.09 Å². The molecule has 4 aromatic rings. The fraction of sp³-hybridized carbons (Fsp3) is 0.120. The topological polar surface area (TPSA) is 74.6 Å². The number of halogens is 2. The summed E-state index contributed by atoms with van der Waals surface area (Å²) in [7, 11) is 3.09. The Hall–Kier alpha value is -4.40. The van der Waals surface area contributed by atoms with Gasteiger partial charge in [-0.25, -0.2) is 13.6 Å². The van der Waals surface area contributed by atoms with Crippen LogP contribution in [0.2, 0.25) is 0 Å². The Morgan fingerprint density at radius 3 is 2.41 bits per heavy atom. The van der Waals surface area contributed by atoms with E-state index in [0.717, 1.165) is 21.4 Å². The van der Waals surface area contributed by atoms with Crippen LogP contribution in [0.3, 0.4) is 0 Å². The molecule has 0 amide bonds. The van der Waals surface area contributed by atoms with Crippen LogP contribution in [-0.2, 0) is 6.42 Å². The average Bonchev–Trinajstić information content (AvgIpc) is 3.36. The van der Waals surface area contributed by atoms with Crippen molar-refractivity contribution >= 4 is 17.6 Å². The number of nitrogens with one attached hydrogen (secondary N) is 1. The minimum Gasteiger partial charge on any atom is -0.493 e. The van der Waals surface area contributed by atoms with Gasteiger partial charge in [0, 0.05) is 23.2 Å². The van der Waals surface area contributed by atoms with Crippen LogP contribution in [0.4, 0.5) is 25.1 Å². The highest BCUT2D eigenvalue weighted by Crippen LogP contribution is 2.45. The zero-order valence-electron chi connectivity index (χ0n) is 18.3. The molecule has 0 bridgehead atoms. The molecule has 0 radical (unpaired) electrons. The molecule has 9 heteroatoms. The Labute approximate surface area is 193 Å². The highest BCUT2D eigenvalue weighted by atomic mass is 19.1. The zero-order chi connectivity index (χ0) is 23.8. The quantitative estimate of drug-likeness (QED) is 0.369. The summed E-state index contributed by atoms with van der Waals surface area (Å²) in [6.45, 7) is 0. The van der Waals surface area contributed by atoms with E-state index in [0.29, 0.717) is 35.1 Å². The van der Waals surface area contributed by atoms with E-state index in [-0.39, 0.29) is 5.75 Å². The molecule has 3 aromatic carbocycles. The first-order valence-corrected chi connectivity index (χ1v) is 10.3. The number of aromatic nitrogens is 2. The summed E-state index contributed by atoms with van der Waals surface area (Å²) in [5, 5.41) is 7.61. The SMILES string of the molecule is COc1cc2c(cc1OC)-c1nn(C(=O)Oc3ccc(F)cc3)c(Nc3cccc(F)c3)c1C2. The summed E-state index contributed by atoms with van der Waals surface area (Å²) in [5.74, 6) is 0.714. The summed E-state index contributed by atoms with van der Waals surface area (Å²) in [5.41, 5.74) is 3.45. The van der Waals surface area contributed by atoms with E-state index in [1.54, 1.807) is 25.3 Å². The van der Waals surface area contributed by atoms with Crippen molar-refractivity contribution in [2.45, 2.75) is 6.42 Å². The van der Waals surface area contributed by atoms with Crippen LogP contribution in [0.25, 0.3) is 11.3 Å². The molecule has 0 unspecified atom stereocenters. The monoisotopic (exact) mass is 463 g/mol. The Bertz CT molecular complexity index is 1400. The van der Waals surface area contributed by atoms with Crippen LogP contribution < -0.4 is 19.5 Å². The number of benzene rings is 3. The van der Waals surface area contributed by atoms with Crippen molar-refractivity contribution < 1.29 is 27.8 Å². The molecule has 1 aliphatic rings. The highest BCUT2D eigenvalue weighted by molar-refractivity contribution is 5.87. The molecular weight excluding hydrogens is 444 g/mol. The molecule has 0 aliphatic heterocycles.